The fourth-order valence-corrected chi connectivity index (χ4v) is 3.64. The lowest BCUT2D eigenvalue weighted by molar-refractivity contribution is -0.193. The maximum Gasteiger partial charge on any atom is 0.345 e. The highest BCUT2D eigenvalue weighted by atomic mass is 19.3. The summed E-state index contributed by atoms with van der Waals surface area (Å²) in [6.45, 7) is -2.85. The van der Waals surface area contributed by atoms with Gasteiger partial charge in [-0.2, -0.15) is 8.78 Å². The number of nitrogens with one attached hydrogen (secondary N) is 1. The molecular weight excluding hydrogens is 411 g/mol. The van der Waals surface area contributed by atoms with Gasteiger partial charge in [-0.3, -0.25) is 9.78 Å². The number of halogens is 3. The largest absolute Gasteiger partial charge is 0.366 e. The van der Waals surface area contributed by atoms with Crippen LogP contribution in [0.15, 0.2) is 54.7 Å². The molecule has 1 aliphatic carbocycles. The van der Waals surface area contributed by atoms with Crippen molar-refractivity contribution in [1.29, 1.82) is 0 Å². The molecule has 1 fully saturated rings. The molecule has 1 saturated carbocycles. The molecular formula is C21H18F3N5O2. The van der Waals surface area contributed by atoms with Gasteiger partial charge in [-0.1, -0.05) is 6.07 Å². The molecule has 1 amide bonds. The Kier molecular flexibility index (Phi) is 5.55. The number of alkyl halides is 2. The molecule has 3 aromatic rings. The Morgan fingerprint density at radius 3 is 2.58 bits per heavy atom. The monoisotopic (exact) mass is 429 g/mol. The molecule has 0 unspecified atom stereocenters. The van der Waals surface area contributed by atoms with Crippen molar-refractivity contribution in [1.82, 2.24) is 15.2 Å². The number of nitrogens with two attached hydrogens (primary N) is 1. The van der Waals surface area contributed by atoms with Gasteiger partial charge in [-0.15, -0.1) is 10.2 Å². The molecule has 0 atom stereocenters. The van der Waals surface area contributed by atoms with Crippen molar-refractivity contribution in [3.63, 3.8) is 0 Å². The van der Waals surface area contributed by atoms with Crippen molar-refractivity contribution in [2.75, 3.05) is 5.32 Å². The zero-order valence-corrected chi connectivity index (χ0v) is 16.1. The van der Waals surface area contributed by atoms with Gasteiger partial charge in [0, 0.05) is 30.2 Å². The number of rotatable bonds is 7. The average molecular weight is 429 g/mol. The Morgan fingerprint density at radius 1 is 1.16 bits per heavy atom. The van der Waals surface area contributed by atoms with Gasteiger partial charge in [0.1, 0.15) is 11.6 Å². The number of anilines is 1. The van der Waals surface area contributed by atoms with Gasteiger partial charge < -0.3 is 15.8 Å². The normalized spacial score (nSPS) is 20.3. The molecule has 0 aliphatic heterocycles. The highest BCUT2D eigenvalue weighted by Crippen LogP contribution is 2.45. The van der Waals surface area contributed by atoms with E-state index >= 15 is 0 Å². The summed E-state index contributed by atoms with van der Waals surface area (Å²) < 4.78 is 43.9. The lowest BCUT2D eigenvalue weighted by Crippen LogP contribution is -2.52. The van der Waals surface area contributed by atoms with Crippen LogP contribution in [-0.4, -0.2) is 33.8 Å². The first-order valence-corrected chi connectivity index (χ1v) is 9.43. The van der Waals surface area contributed by atoms with E-state index in [1.165, 1.54) is 18.2 Å². The third-order valence-electron chi connectivity index (χ3n) is 5.16. The van der Waals surface area contributed by atoms with Crippen molar-refractivity contribution in [3.8, 4) is 11.3 Å². The maximum atomic E-state index is 14.2. The number of benzene rings is 1. The summed E-state index contributed by atoms with van der Waals surface area (Å²) in [6, 6.07) is 12.2. The second-order valence-electron chi connectivity index (χ2n) is 7.21. The number of ether oxygens (including phenoxy) is 1. The van der Waals surface area contributed by atoms with E-state index < -0.39 is 30.0 Å². The number of amides is 1. The van der Waals surface area contributed by atoms with Crippen LogP contribution in [0.5, 0.6) is 0 Å². The summed E-state index contributed by atoms with van der Waals surface area (Å²) in [5.74, 6) is -0.900. The Morgan fingerprint density at radius 2 is 1.97 bits per heavy atom. The zero-order valence-electron chi connectivity index (χ0n) is 16.1. The summed E-state index contributed by atoms with van der Waals surface area (Å²) in [6.07, 6.45) is 1.54. The number of pyridine rings is 1. The quantitative estimate of drug-likeness (QED) is 0.596. The highest BCUT2D eigenvalue weighted by Gasteiger charge is 2.48. The van der Waals surface area contributed by atoms with E-state index in [1.807, 2.05) is 0 Å². The van der Waals surface area contributed by atoms with Crippen LogP contribution in [0.25, 0.3) is 11.3 Å². The van der Waals surface area contributed by atoms with Gasteiger partial charge in [0.05, 0.1) is 23.0 Å². The molecule has 2 aromatic heterocycles. The maximum absolute atomic E-state index is 14.2. The molecule has 31 heavy (non-hydrogen) atoms. The Bertz CT molecular complexity index is 1070. The van der Waals surface area contributed by atoms with Crippen molar-refractivity contribution in [3.05, 3.63) is 71.8 Å². The Hall–Kier alpha value is -3.53. The van der Waals surface area contributed by atoms with Gasteiger partial charge in [0.15, 0.2) is 0 Å². The molecule has 1 aromatic carbocycles. The van der Waals surface area contributed by atoms with Crippen molar-refractivity contribution in [2.24, 2.45) is 5.73 Å². The van der Waals surface area contributed by atoms with Crippen LogP contribution in [-0.2, 0) is 10.3 Å². The average Bonchev–Trinajstić information content (AvgIpc) is 2.73. The van der Waals surface area contributed by atoms with E-state index in [0.717, 1.165) is 6.07 Å². The molecule has 2 heterocycles. The molecule has 7 nitrogen and oxygen atoms in total. The molecule has 10 heteroatoms. The summed E-state index contributed by atoms with van der Waals surface area (Å²) in [5.41, 5.74) is 5.62. The first-order valence-electron chi connectivity index (χ1n) is 9.43. The molecule has 0 spiro atoms. The van der Waals surface area contributed by atoms with Crippen LogP contribution >= 0.6 is 0 Å². The van der Waals surface area contributed by atoms with E-state index in [4.69, 9.17) is 5.73 Å². The number of hydrogen-bond acceptors (Lipinski definition) is 6. The van der Waals surface area contributed by atoms with Gasteiger partial charge in [-0.25, -0.2) is 4.39 Å². The minimum absolute atomic E-state index is 0.0869. The van der Waals surface area contributed by atoms with Crippen LogP contribution in [0.4, 0.5) is 19.0 Å². The summed E-state index contributed by atoms with van der Waals surface area (Å²) in [4.78, 5) is 15.7. The number of hydrogen-bond donors (Lipinski definition) is 2. The fraction of sp³-hybridized carbons (Fsp3) is 0.238. The second kappa shape index (κ2) is 8.31. The fourth-order valence-electron chi connectivity index (χ4n) is 3.64. The lowest BCUT2D eigenvalue weighted by atomic mass is 9.71. The molecule has 1 aliphatic rings. The molecule has 160 valence electrons. The topological polar surface area (TPSA) is 103 Å². The number of aromatic nitrogens is 3. The van der Waals surface area contributed by atoms with Gasteiger partial charge in [-0.05, 0) is 42.5 Å². The SMILES string of the molecule is NC(=O)c1ccc(F)c(-c2ccc(NC3(c4ccccn4)CC(OC(F)F)C3)nn2)c1. The molecule has 0 saturated heterocycles. The van der Waals surface area contributed by atoms with Crippen LogP contribution in [0.2, 0.25) is 0 Å². The number of carbonyl (C=O) groups excluding carboxylic acids is 1. The summed E-state index contributed by atoms with van der Waals surface area (Å²) >= 11 is 0. The van der Waals surface area contributed by atoms with E-state index in [0.29, 0.717) is 11.5 Å². The lowest BCUT2D eigenvalue weighted by Gasteiger charge is -2.47. The highest BCUT2D eigenvalue weighted by molar-refractivity contribution is 5.94. The number of nitrogens with zero attached hydrogens (tertiary/aromatic N) is 3. The third kappa shape index (κ3) is 4.33. The minimum Gasteiger partial charge on any atom is -0.366 e. The van der Waals surface area contributed by atoms with E-state index in [1.54, 1.807) is 30.5 Å². The summed E-state index contributed by atoms with van der Waals surface area (Å²) in [7, 11) is 0. The molecule has 3 N–H and O–H groups in total. The van der Waals surface area contributed by atoms with Crippen molar-refractivity contribution >= 4 is 11.7 Å². The van der Waals surface area contributed by atoms with Crippen molar-refractivity contribution in [2.45, 2.75) is 31.1 Å². The smallest absolute Gasteiger partial charge is 0.345 e. The first kappa shape index (κ1) is 20.7. The second-order valence-corrected chi connectivity index (χ2v) is 7.21. The minimum atomic E-state index is -2.85. The molecule has 4 rings (SSSR count). The van der Waals surface area contributed by atoms with Crippen LogP contribution in [0, 0.1) is 5.82 Å². The number of carbonyl (C=O) groups is 1. The van der Waals surface area contributed by atoms with Gasteiger partial charge >= 0.3 is 6.61 Å². The van der Waals surface area contributed by atoms with Gasteiger partial charge in [0.2, 0.25) is 5.91 Å². The van der Waals surface area contributed by atoms with Crippen molar-refractivity contribution < 1.29 is 22.7 Å². The molecule has 0 radical (unpaired) electrons. The Balaban J connectivity index is 1.57. The Labute approximate surface area is 175 Å². The number of primary amides is 1. The van der Waals surface area contributed by atoms with E-state index in [2.05, 4.69) is 25.2 Å². The zero-order chi connectivity index (χ0) is 22.0. The predicted octanol–water partition coefficient (Wildman–Crippen LogP) is 3.49. The van der Waals surface area contributed by atoms with Crippen LogP contribution in [0.1, 0.15) is 28.9 Å². The van der Waals surface area contributed by atoms with E-state index in [9.17, 15) is 18.0 Å². The van der Waals surface area contributed by atoms with Crippen LogP contribution in [0.3, 0.4) is 0 Å². The van der Waals surface area contributed by atoms with Gasteiger partial charge in [0.25, 0.3) is 0 Å². The standard InChI is InChI=1S/C21H18F3N5O2/c22-15-5-4-12(19(25)30)9-14(15)16-6-7-18(29-28-16)27-21(17-3-1-2-8-26-17)10-13(11-21)31-20(23)24/h1-9,13,20H,10-11H2,(H2,25,30)(H,27,29). The first-order chi connectivity index (χ1) is 14.9. The van der Waals surface area contributed by atoms with Crippen LogP contribution < -0.4 is 11.1 Å². The summed E-state index contributed by atoms with van der Waals surface area (Å²) in [5, 5.41) is 11.3. The molecule has 0 bridgehead atoms. The third-order valence-corrected chi connectivity index (χ3v) is 5.16. The predicted molar refractivity (Wildman–Crippen MR) is 106 cm³/mol. The van der Waals surface area contributed by atoms with E-state index in [-0.39, 0.29) is 29.7 Å².